The molecule has 66 valence electrons. The highest BCUT2D eigenvalue weighted by Crippen LogP contribution is 1.98. The molecule has 0 saturated heterocycles. The number of nitrogens with one attached hydrogen (secondary N) is 1. The van der Waals surface area contributed by atoms with Gasteiger partial charge in [0.05, 0.1) is 0 Å². The van der Waals surface area contributed by atoms with E-state index in [-0.39, 0.29) is 11.3 Å². The van der Waals surface area contributed by atoms with Gasteiger partial charge in [-0.05, 0) is 12.8 Å². The fourth-order valence-corrected chi connectivity index (χ4v) is 0.775. The SMILES string of the molecule is CC(C)CC(=O)NCC(C)Cl. The van der Waals surface area contributed by atoms with Gasteiger partial charge >= 0.3 is 0 Å². The van der Waals surface area contributed by atoms with Crippen molar-refractivity contribution in [1.82, 2.24) is 5.32 Å². The molecule has 11 heavy (non-hydrogen) atoms. The van der Waals surface area contributed by atoms with Crippen molar-refractivity contribution >= 4 is 17.5 Å². The summed E-state index contributed by atoms with van der Waals surface area (Å²) < 4.78 is 0. The van der Waals surface area contributed by atoms with Gasteiger partial charge < -0.3 is 5.32 Å². The van der Waals surface area contributed by atoms with Crippen molar-refractivity contribution in [3.8, 4) is 0 Å². The Bertz CT molecular complexity index is 123. The van der Waals surface area contributed by atoms with Gasteiger partial charge in [-0.25, -0.2) is 0 Å². The van der Waals surface area contributed by atoms with Gasteiger partial charge in [-0.3, -0.25) is 4.79 Å². The first-order valence-corrected chi connectivity index (χ1v) is 4.36. The zero-order valence-corrected chi connectivity index (χ0v) is 8.11. The summed E-state index contributed by atoms with van der Waals surface area (Å²) in [6.45, 7) is 6.46. The molecule has 0 aromatic heterocycles. The van der Waals surface area contributed by atoms with Gasteiger partial charge in [0.2, 0.25) is 5.91 Å². The molecule has 0 spiro atoms. The predicted molar refractivity (Wildman–Crippen MR) is 47.8 cm³/mol. The monoisotopic (exact) mass is 177 g/mol. The molecule has 0 saturated carbocycles. The average molecular weight is 178 g/mol. The van der Waals surface area contributed by atoms with Gasteiger partial charge in [-0.2, -0.15) is 0 Å². The van der Waals surface area contributed by atoms with Crippen LogP contribution >= 0.6 is 11.6 Å². The number of alkyl halides is 1. The van der Waals surface area contributed by atoms with Gasteiger partial charge in [0.25, 0.3) is 0 Å². The number of hydrogen-bond donors (Lipinski definition) is 1. The second-order valence-corrected chi connectivity index (χ2v) is 3.93. The molecule has 1 atom stereocenters. The Morgan fingerprint density at radius 1 is 1.45 bits per heavy atom. The minimum absolute atomic E-state index is 0.0195. The lowest BCUT2D eigenvalue weighted by Crippen LogP contribution is -2.29. The Morgan fingerprint density at radius 2 is 2.00 bits per heavy atom. The minimum atomic E-state index is 0.0195. The van der Waals surface area contributed by atoms with Crippen LogP contribution in [-0.4, -0.2) is 17.8 Å². The summed E-state index contributed by atoms with van der Waals surface area (Å²) in [4.78, 5) is 11.0. The fraction of sp³-hybridized carbons (Fsp3) is 0.875. The van der Waals surface area contributed by atoms with E-state index in [0.29, 0.717) is 18.9 Å². The first-order valence-electron chi connectivity index (χ1n) is 3.93. The van der Waals surface area contributed by atoms with Crippen molar-refractivity contribution in [2.75, 3.05) is 6.54 Å². The molecule has 0 aromatic carbocycles. The first-order chi connectivity index (χ1) is 5.02. The number of carbonyl (C=O) groups excluding carboxylic acids is 1. The van der Waals surface area contributed by atoms with E-state index in [9.17, 15) is 4.79 Å². The van der Waals surface area contributed by atoms with Crippen LogP contribution in [-0.2, 0) is 4.79 Å². The number of halogens is 1. The highest BCUT2D eigenvalue weighted by Gasteiger charge is 2.04. The molecule has 0 aliphatic heterocycles. The third-order valence-electron chi connectivity index (χ3n) is 1.17. The Morgan fingerprint density at radius 3 is 2.36 bits per heavy atom. The van der Waals surface area contributed by atoms with Crippen LogP contribution in [0.1, 0.15) is 27.2 Å². The first kappa shape index (κ1) is 10.8. The second kappa shape index (κ2) is 5.42. The molecule has 0 rings (SSSR count). The van der Waals surface area contributed by atoms with E-state index in [1.54, 1.807) is 0 Å². The van der Waals surface area contributed by atoms with Gasteiger partial charge in [0, 0.05) is 18.3 Å². The van der Waals surface area contributed by atoms with E-state index < -0.39 is 0 Å². The maximum absolute atomic E-state index is 11.0. The lowest BCUT2D eigenvalue weighted by molar-refractivity contribution is -0.121. The molecule has 0 aromatic rings. The smallest absolute Gasteiger partial charge is 0.220 e. The lowest BCUT2D eigenvalue weighted by Gasteiger charge is -2.07. The molecule has 1 N–H and O–H groups in total. The van der Waals surface area contributed by atoms with Crippen molar-refractivity contribution in [1.29, 1.82) is 0 Å². The zero-order chi connectivity index (χ0) is 8.85. The summed E-state index contributed by atoms with van der Waals surface area (Å²) in [6.07, 6.45) is 0.587. The van der Waals surface area contributed by atoms with Crippen LogP contribution < -0.4 is 5.32 Å². The molecule has 0 aliphatic rings. The third-order valence-corrected chi connectivity index (χ3v) is 1.33. The van der Waals surface area contributed by atoms with Gasteiger partial charge in [-0.15, -0.1) is 11.6 Å². The standard InChI is InChI=1S/C8H16ClNO/c1-6(2)4-8(11)10-5-7(3)9/h6-7H,4-5H2,1-3H3,(H,10,11). The van der Waals surface area contributed by atoms with Gasteiger partial charge in [0.1, 0.15) is 0 Å². The second-order valence-electron chi connectivity index (χ2n) is 3.18. The van der Waals surface area contributed by atoms with Gasteiger partial charge in [0.15, 0.2) is 0 Å². The van der Waals surface area contributed by atoms with E-state index in [4.69, 9.17) is 11.6 Å². The number of amides is 1. The quantitative estimate of drug-likeness (QED) is 0.652. The molecular formula is C8H16ClNO. The van der Waals surface area contributed by atoms with Crippen LogP contribution in [0.5, 0.6) is 0 Å². The highest BCUT2D eigenvalue weighted by molar-refractivity contribution is 6.20. The highest BCUT2D eigenvalue weighted by atomic mass is 35.5. The maximum Gasteiger partial charge on any atom is 0.220 e. The van der Waals surface area contributed by atoms with Crippen molar-refractivity contribution in [2.45, 2.75) is 32.6 Å². The van der Waals surface area contributed by atoms with Crippen molar-refractivity contribution in [2.24, 2.45) is 5.92 Å². The van der Waals surface area contributed by atoms with Crippen LogP contribution in [0.4, 0.5) is 0 Å². The van der Waals surface area contributed by atoms with Gasteiger partial charge in [-0.1, -0.05) is 13.8 Å². The van der Waals surface area contributed by atoms with Crippen LogP contribution in [0.2, 0.25) is 0 Å². The van der Waals surface area contributed by atoms with Crippen LogP contribution in [0.3, 0.4) is 0 Å². The molecule has 0 fully saturated rings. The van der Waals surface area contributed by atoms with Crippen LogP contribution in [0.15, 0.2) is 0 Å². The van der Waals surface area contributed by atoms with E-state index >= 15 is 0 Å². The number of rotatable bonds is 4. The van der Waals surface area contributed by atoms with E-state index in [1.165, 1.54) is 0 Å². The molecule has 0 radical (unpaired) electrons. The molecule has 2 nitrogen and oxygen atoms in total. The minimum Gasteiger partial charge on any atom is -0.355 e. The zero-order valence-electron chi connectivity index (χ0n) is 7.36. The predicted octanol–water partition coefficient (Wildman–Crippen LogP) is 1.78. The molecule has 0 aliphatic carbocycles. The molecule has 0 heterocycles. The molecular weight excluding hydrogens is 162 g/mol. The summed E-state index contributed by atoms with van der Waals surface area (Å²) in [5, 5.41) is 2.76. The summed E-state index contributed by atoms with van der Waals surface area (Å²) >= 11 is 5.64. The average Bonchev–Trinajstić information content (AvgIpc) is 1.82. The van der Waals surface area contributed by atoms with Crippen LogP contribution in [0.25, 0.3) is 0 Å². The normalized spacial score (nSPS) is 13.2. The number of hydrogen-bond acceptors (Lipinski definition) is 1. The van der Waals surface area contributed by atoms with E-state index in [2.05, 4.69) is 5.32 Å². The Labute approximate surface area is 73.3 Å². The van der Waals surface area contributed by atoms with Crippen molar-refractivity contribution < 1.29 is 4.79 Å². The Kier molecular flexibility index (Phi) is 5.30. The molecule has 3 heteroatoms. The third kappa shape index (κ3) is 7.66. The fourth-order valence-electron chi connectivity index (χ4n) is 0.697. The molecule has 0 bridgehead atoms. The summed E-state index contributed by atoms with van der Waals surface area (Å²) in [6, 6.07) is 0. The van der Waals surface area contributed by atoms with Crippen molar-refractivity contribution in [3.05, 3.63) is 0 Å². The van der Waals surface area contributed by atoms with Crippen LogP contribution in [0, 0.1) is 5.92 Å². The summed E-state index contributed by atoms with van der Waals surface area (Å²) in [7, 11) is 0. The largest absolute Gasteiger partial charge is 0.355 e. The van der Waals surface area contributed by atoms with E-state index in [0.717, 1.165) is 0 Å². The van der Waals surface area contributed by atoms with E-state index in [1.807, 2.05) is 20.8 Å². The Balaban J connectivity index is 3.38. The maximum atomic E-state index is 11.0. The number of carbonyl (C=O) groups is 1. The molecule has 1 unspecified atom stereocenters. The topological polar surface area (TPSA) is 29.1 Å². The summed E-state index contributed by atoms with van der Waals surface area (Å²) in [5.41, 5.74) is 0. The van der Waals surface area contributed by atoms with Crippen molar-refractivity contribution in [3.63, 3.8) is 0 Å². The summed E-state index contributed by atoms with van der Waals surface area (Å²) in [5.74, 6) is 0.508. The Hall–Kier alpha value is -0.240. The molecule has 1 amide bonds. The lowest BCUT2D eigenvalue weighted by atomic mass is 10.1.